The fourth-order valence-electron chi connectivity index (χ4n) is 3.48. The Bertz CT molecular complexity index is 749. The number of hydrogen-bond donors (Lipinski definition) is 3. The van der Waals surface area contributed by atoms with E-state index in [4.69, 9.17) is 0 Å². The van der Waals surface area contributed by atoms with Crippen molar-refractivity contribution in [1.29, 1.82) is 5.26 Å². The van der Waals surface area contributed by atoms with Crippen LogP contribution in [-0.4, -0.2) is 46.5 Å². The Balaban J connectivity index is 1.63. The van der Waals surface area contributed by atoms with Crippen LogP contribution in [-0.2, 0) is 0 Å². The Morgan fingerprint density at radius 2 is 2.23 bits per heavy atom. The van der Waals surface area contributed by atoms with Gasteiger partial charge in [0, 0.05) is 18.8 Å². The Labute approximate surface area is 154 Å². The monoisotopic (exact) mass is 354 g/mol. The maximum absolute atomic E-state index is 10.1. The molecule has 0 saturated heterocycles. The van der Waals surface area contributed by atoms with Gasteiger partial charge in [0.1, 0.15) is 17.5 Å². The van der Waals surface area contributed by atoms with Crippen LogP contribution in [0.4, 0.5) is 11.8 Å². The van der Waals surface area contributed by atoms with Crippen LogP contribution in [0.15, 0.2) is 22.8 Å². The number of nitriles is 1. The molecule has 0 bridgehead atoms. The summed E-state index contributed by atoms with van der Waals surface area (Å²) in [4.78, 5) is 12.9. The first kappa shape index (κ1) is 18.3. The quantitative estimate of drug-likeness (QED) is 0.725. The predicted molar refractivity (Wildman–Crippen MR) is 102 cm³/mol. The summed E-state index contributed by atoms with van der Waals surface area (Å²) >= 11 is 0. The van der Waals surface area contributed by atoms with Gasteiger partial charge in [-0.25, -0.2) is 4.98 Å². The predicted octanol–water partition coefficient (Wildman–Crippen LogP) is 2.51. The van der Waals surface area contributed by atoms with Crippen molar-refractivity contribution in [1.82, 2.24) is 9.97 Å². The molecular formula is C19H26N6O. The van der Waals surface area contributed by atoms with Gasteiger partial charge in [-0.1, -0.05) is 13.8 Å². The summed E-state index contributed by atoms with van der Waals surface area (Å²) < 4.78 is 0. The zero-order chi connectivity index (χ0) is 18.6. The van der Waals surface area contributed by atoms with Crippen LogP contribution in [0.5, 0.6) is 0 Å². The van der Waals surface area contributed by atoms with Crippen LogP contribution >= 0.6 is 0 Å². The van der Waals surface area contributed by atoms with Crippen molar-refractivity contribution in [2.24, 2.45) is 10.4 Å². The lowest BCUT2D eigenvalue weighted by Gasteiger charge is -2.40. The first-order valence-electron chi connectivity index (χ1n) is 9.11. The van der Waals surface area contributed by atoms with Gasteiger partial charge >= 0.3 is 0 Å². The van der Waals surface area contributed by atoms with E-state index in [2.05, 4.69) is 45.5 Å². The Hall–Kier alpha value is -2.46. The van der Waals surface area contributed by atoms with Gasteiger partial charge in [-0.2, -0.15) is 10.2 Å². The molecule has 3 rings (SSSR count). The smallest absolute Gasteiger partial charge is 0.224 e. The molecule has 0 aromatic carbocycles. The Kier molecular flexibility index (Phi) is 5.52. The third-order valence-corrected chi connectivity index (χ3v) is 5.15. The highest BCUT2D eigenvalue weighted by Gasteiger charge is 2.35. The van der Waals surface area contributed by atoms with Crippen LogP contribution in [0.2, 0.25) is 0 Å². The fourth-order valence-corrected chi connectivity index (χ4v) is 3.48. The van der Waals surface area contributed by atoms with E-state index >= 15 is 0 Å². The molecule has 0 amide bonds. The first-order valence-corrected chi connectivity index (χ1v) is 9.11. The van der Waals surface area contributed by atoms with E-state index in [-0.39, 0.29) is 17.6 Å². The topological polar surface area (TPSA) is 106 Å². The zero-order valence-electron chi connectivity index (χ0n) is 15.4. The number of aromatic nitrogens is 2. The molecule has 7 nitrogen and oxygen atoms in total. The summed E-state index contributed by atoms with van der Waals surface area (Å²) in [5.41, 5.74) is 1.58. The minimum atomic E-state index is -0.285. The summed E-state index contributed by atoms with van der Waals surface area (Å²) in [6, 6.07) is 2.34. The molecule has 1 saturated carbocycles. The third kappa shape index (κ3) is 4.38. The van der Waals surface area contributed by atoms with E-state index in [0.29, 0.717) is 17.3 Å². The first-order chi connectivity index (χ1) is 12.5. The minimum Gasteiger partial charge on any atom is -0.393 e. The standard InChI is InChI=1S/C19H26N6O/c1-19(2)9-15(3-4-16(19)26)24-17-14(10-20)12-23-18(25-17)22-8-6-13-5-7-21-11-13/h5,7,12,15-16,26H,3-4,6,8-9,11H2,1-2H3,(H2,22,23,24,25)/t15-,16+/m1/s1. The van der Waals surface area contributed by atoms with E-state index in [9.17, 15) is 10.4 Å². The number of aliphatic hydroxyl groups is 1. The number of anilines is 2. The average Bonchev–Trinajstić information content (AvgIpc) is 3.12. The van der Waals surface area contributed by atoms with E-state index in [1.54, 1.807) is 6.20 Å². The van der Waals surface area contributed by atoms with E-state index in [1.807, 2.05) is 12.3 Å². The molecule has 0 spiro atoms. The van der Waals surface area contributed by atoms with Gasteiger partial charge in [0.25, 0.3) is 0 Å². The largest absolute Gasteiger partial charge is 0.393 e. The number of allylic oxidation sites excluding steroid dienone is 1. The lowest BCUT2D eigenvalue weighted by atomic mass is 9.73. The van der Waals surface area contributed by atoms with Gasteiger partial charge in [0.15, 0.2) is 0 Å². The van der Waals surface area contributed by atoms with Crippen molar-refractivity contribution >= 4 is 18.0 Å². The second-order valence-electron chi connectivity index (χ2n) is 7.69. The summed E-state index contributed by atoms with van der Waals surface area (Å²) in [6.45, 7) is 5.64. The highest BCUT2D eigenvalue weighted by atomic mass is 16.3. The molecule has 1 aromatic heterocycles. The van der Waals surface area contributed by atoms with Crippen LogP contribution < -0.4 is 10.6 Å². The highest BCUT2D eigenvalue weighted by molar-refractivity contribution is 5.75. The Morgan fingerprint density at radius 1 is 1.38 bits per heavy atom. The number of aliphatic imine (C=N–C) groups is 1. The van der Waals surface area contributed by atoms with Crippen LogP contribution in [0.3, 0.4) is 0 Å². The van der Waals surface area contributed by atoms with Crippen molar-refractivity contribution in [3.05, 3.63) is 23.4 Å². The van der Waals surface area contributed by atoms with Gasteiger partial charge in [0.2, 0.25) is 5.95 Å². The molecule has 2 heterocycles. The van der Waals surface area contributed by atoms with Crippen LogP contribution in [0.25, 0.3) is 0 Å². The van der Waals surface area contributed by atoms with Crippen LogP contribution in [0.1, 0.15) is 45.1 Å². The van der Waals surface area contributed by atoms with Crippen molar-refractivity contribution in [2.45, 2.75) is 51.7 Å². The molecule has 1 aromatic rings. The number of rotatable bonds is 6. The number of nitrogens with zero attached hydrogens (tertiary/aromatic N) is 4. The summed E-state index contributed by atoms with van der Waals surface area (Å²) in [5, 5.41) is 26.1. The number of hydrogen-bond acceptors (Lipinski definition) is 7. The molecule has 1 aliphatic heterocycles. The molecule has 138 valence electrons. The summed E-state index contributed by atoms with van der Waals surface area (Å²) in [7, 11) is 0. The fraction of sp³-hybridized carbons (Fsp3) is 0.579. The van der Waals surface area contributed by atoms with Gasteiger partial charge in [-0.15, -0.1) is 0 Å². The Morgan fingerprint density at radius 3 is 2.92 bits per heavy atom. The van der Waals surface area contributed by atoms with E-state index < -0.39 is 0 Å². The van der Waals surface area contributed by atoms with E-state index in [0.717, 1.165) is 38.8 Å². The molecule has 1 fully saturated rings. The summed E-state index contributed by atoms with van der Waals surface area (Å²) in [6.07, 6.45) is 8.47. The zero-order valence-corrected chi connectivity index (χ0v) is 15.4. The summed E-state index contributed by atoms with van der Waals surface area (Å²) in [5.74, 6) is 1.08. The van der Waals surface area contributed by atoms with Crippen molar-refractivity contribution in [2.75, 3.05) is 23.7 Å². The van der Waals surface area contributed by atoms with E-state index in [1.165, 1.54) is 5.57 Å². The normalized spacial score (nSPS) is 24.0. The van der Waals surface area contributed by atoms with Gasteiger partial charge in [0.05, 0.1) is 18.8 Å². The molecular weight excluding hydrogens is 328 g/mol. The van der Waals surface area contributed by atoms with Gasteiger partial charge in [-0.3, -0.25) is 4.99 Å². The van der Waals surface area contributed by atoms with Crippen molar-refractivity contribution in [3.63, 3.8) is 0 Å². The minimum absolute atomic E-state index is 0.145. The molecule has 2 aliphatic rings. The molecule has 0 radical (unpaired) electrons. The number of nitrogens with one attached hydrogen (secondary N) is 2. The van der Waals surface area contributed by atoms with Gasteiger partial charge in [-0.05, 0) is 42.7 Å². The third-order valence-electron chi connectivity index (χ3n) is 5.15. The second kappa shape index (κ2) is 7.83. The van der Waals surface area contributed by atoms with Crippen molar-refractivity contribution in [3.8, 4) is 6.07 Å². The maximum atomic E-state index is 10.1. The second-order valence-corrected chi connectivity index (χ2v) is 7.69. The van der Waals surface area contributed by atoms with Gasteiger partial charge < -0.3 is 15.7 Å². The molecule has 3 N–H and O–H groups in total. The highest BCUT2D eigenvalue weighted by Crippen LogP contribution is 2.36. The molecule has 1 aliphatic carbocycles. The number of aliphatic hydroxyl groups excluding tert-OH is 1. The SMILES string of the molecule is CC1(C)C[C@H](Nc2nc(NCCC3=CC=NC3)ncc2C#N)CC[C@@H]1O. The molecule has 26 heavy (non-hydrogen) atoms. The molecule has 2 atom stereocenters. The lowest BCUT2D eigenvalue weighted by molar-refractivity contribution is 0.00926. The van der Waals surface area contributed by atoms with Crippen LogP contribution in [0, 0.1) is 16.7 Å². The lowest BCUT2D eigenvalue weighted by Crippen LogP contribution is -2.41. The maximum Gasteiger partial charge on any atom is 0.224 e. The van der Waals surface area contributed by atoms with Crippen molar-refractivity contribution < 1.29 is 5.11 Å². The average molecular weight is 354 g/mol. The molecule has 0 unspecified atom stereocenters. The molecule has 7 heteroatoms.